The summed E-state index contributed by atoms with van der Waals surface area (Å²) in [6.07, 6.45) is 14.8. The van der Waals surface area contributed by atoms with Crippen LogP contribution in [0.1, 0.15) is 85.0 Å². The molecule has 4 fully saturated rings. The molecule has 5 rings (SSSR count). The fourth-order valence-electron chi connectivity index (χ4n) is 9.88. The molecule has 3 saturated carbocycles. The van der Waals surface area contributed by atoms with Gasteiger partial charge in [0.05, 0.1) is 12.5 Å². The van der Waals surface area contributed by atoms with Crippen LogP contribution in [0.4, 0.5) is 0 Å². The van der Waals surface area contributed by atoms with Gasteiger partial charge in [-0.2, -0.15) is 0 Å². The van der Waals surface area contributed by atoms with Gasteiger partial charge in [-0.25, -0.2) is 0 Å². The topological polar surface area (TPSA) is 43.8 Å². The van der Waals surface area contributed by atoms with Crippen LogP contribution in [-0.2, 0) is 4.79 Å². The summed E-state index contributed by atoms with van der Waals surface area (Å²) in [6.45, 7) is 8.46. The number of aliphatic hydroxyl groups excluding tert-OH is 1. The van der Waals surface area contributed by atoms with Gasteiger partial charge in [-0.15, -0.1) is 0 Å². The fraction of sp³-hybridized carbons (Fsp3) is 0.897. The van der Waals surface area contributed by atoms with Crippen LogP contribution in [-0.4, -0.2) is 60.1 Å². The second-order valence-electron chi connectivity index (χ2n) is 12.9. The van der Waals surface area contributed by atoms with E-state index < -0.39 is 0 Å². The third-order valence-corrected chi connectivity index (χ3v) is 11.8. The van der Waals surface area contributed by atoms with Crippen molar-refractivity contribution in [2.75, 3.05) is 27.2 Å². The monoisotopic (exact) mass is 456 g/mol. The van der Waals surface area contributed by atoms with E-state index in [4.69, 9.17) is 0 Å². The molecule has 33 heavy (non-hydrogen) atoms. The molecule has 0 bridgehead atoms. The molecule has 0 aromatic rings. The summed E-state index contributed by atoms with van der Waals surface area (Å²) in [5.41, 5.74) is 2.58. The number of likely N-dealkylation sites (tertiary alicyclic amines) is 1. The zero-order chi connectivity index (χ0) is 23.5. The maximum atomic E-state index is 13.1. The summed E-state index contributed by atoms with van der Waals surface area (Å²) >= 11 is 0. The number of carbonyl (C=O) groups excluding carboxylic acids is 1. The molecule has 4 aliphatic carbocycles. The van der Waals surface area contributed by atoms with E-state index in [2.05, 4.69) is 38.8 Å². The molecular formula is C29H48N2O2. The predicted molar refractivity (Wildman–Crippen MR) is 134 cm³/mol. The van der Waals surface area contributed by atoms with Gasteiger partial charge in [0.25, 0.3) is 0 Å². The molecule has 4 heteroatoms. The molecule has 1 N–H and O–H groups in total. The molecule has 0 aromatic carbocycles. The Labute approximate surface area is 202 Å². The van der Waals surface area contributed by atoms with E-state index >= 15 is 0 Å². The van der Waals surface area contributed by atoms with Crippen molar-refractivity contribution >= 4 is 5.91 Å². The van der Waals surface area contributed by atoms with Gasteiger partial charge in [0.1, 0.15) is 0 Å². The Hall–Kier alpha value is -0.870. The fourth-order valence-corrected chi connectivity index (χ4v) is 9.88. The highest BCUT2D eigenvalue weighted by atomic mass is 16.3. The molecule has 0 radical (unpaired) electrons. The standard InChI is InChI=1S/C29H48N2O2/c1-6-7-20(17-32)27(33)31(5)22-12-14-28(3)21(16-22)8-9-23-25(28)13-15-29-18-30(4)19(2)24(29)10-11-26(23)29/h8,19-20,22-26,32H,6-7,9-18H2,1-5H3. The first-order valence-electron chi connectivity index (χ1n) is 14.0. The summed E-state index contributed by atoms with van der Waals surface area (Å²) in [4.78, 5) is 17.7. The lowest BCUT2D eigenvalue weighted by Crippen LogP contribution is -2.53. The van der Waals surface area contributed by atoms with Crippen molar-refractivity contribution in [1.29, 1.82) is 0 Å². The van der Waals surface area contributed by atoms with Crippen LogP contribution in [0.3, 0.4) is 0 Å². The zero-order valence-corrected chi connectivity index (χ0v) is 21.9. The first kappa shape index (κ1) is 23.9. The molecule has 1 amide bonds. The Balaban J connectivity index is 1.33. The van der Waals surface area contributed by atoms with Crippen molar-refractivity contribution in [2.24, 2.45) is 40.4 Å². The minimum absolute atomic E-state index is 0.0220. The number of nitrogens with zero attached hydrogens (tertiary/aromatic N) is 2. The van der Waals surface area contributed by atoms with Crippen LogP contribution in [0.5, 0.6) is 0 Å². The summed E-state index contributed by atoms with van der Waals surface area (Å²) in [5, 5.41) is 9.74. The van der Waals surface area contributed by atoms with E-state index in [-0.39, 0.29) is 18.4 Å². The Morgan fingerprint density at radius 3 is 2.70 bits per heavy atom. The Bertz CT molecular complexity index is 794. The Morgan fingerprint density at radius 2 is 1.97 bits per heavy atom. The van der Waals surface area contributed by atoms with Crippen molar-refractivity contribution in [2.45, 2.75) is 97.1 Å². The van der Waals surface area contributed by atoms with Gasteiger partial charge in [0, 0.05) is 25.7 Å². The average molecular weight is 457 g/mol. The number of aliphatic hydroxyl groups is 1. The highest BCUT2D eigenvalue weighted by Gasteiger charge is 2.64. The summed E-state index contributed by atoms with van der Waals surface area (Å²) < 4.78 is 0. The van der Waals surface area contributed by atoms with Gasteiger partial charge in [-0.3, -0.25) is 4.79 Å². The molecule has 1 spiro atoms. The molecule has 9 unspecified atom stereocenters. The van der Waals surface area contributed by atoms with Crippen molar-refractivity contribution in [3.05, 3.63) is 11.6 Å². The van der Waals surface area contributed by atoms with Crippen LogP contribution < -0.4 is 0 Å². The number of fused-ring (bicyclic) bond motifs is 4. The van der Waals surface area contributed by atoms with Crippen molar-refractivity contribution in [3.8, 4) is 0 Å². The highest BCUT2D eigenvalue weighted by Crippen LogP contribution is 2.68. The number of rotatable bonds is 5. The molecule has 1 aliphatic heterocycles. The van der Waals surface area contributed by atoms with E-state index in [0.717, 1.165) is 55.4 Å². The maximum absolute atomic E-state index is 13.1. The smallest absolute Gasteiger partial charge is 0.227 e. The largest absolute Gasteiger partial charge is 0.396 e. The first-order chi connectivity index (χ1) is 15.8. The predicted octanol–water partition coefficient (Wildman–Crippen LogP) is 5.12. The summed E-state index contributed by atoms with van der Waals surface area (Å²) in [5.74, 6) is 3.47. The average Bonchev–Trinajstić information content (AvgIpc) is 3.29. The molecule has 1 saturated heterocycles. The minimum atomic E-state index is -0.227. The van der Waals surface area contributed by atoms with Crippen molar-refractivity contribution in [3.63, 3.8) is 0 Å². The molecule has 4 nitrogen and oxygen atoms in total. The van der Waals surface area contributed by atoms with Crippen molar-refractivity contribution in [1.82, 2.24) is 9.80 Å². The molecular weight excluding hydrogens is 408 g/mol. The number of amides is 1. The van der Waals surface area contributed by atoms with Gasteiger partial charge in [-0.05, 0) is 106 Å². The minimum Gasteiger partial charge on any atom is -0.396 e. The van der Waals surface area contributed by atoms with E-state index in [9.17, 15) is 9.90 Å². The third-order valence-electron chi connectivity index (χ3n) is 11.8. The summed E-state index contributed by atoms with van der Waals surface area (Å²) in [7, 11) is 4.35. The third kappa shape index (κ3) is 3.48. The number of allylic oxidation sites excluding steroid dienone is 1. The first-order valence-corrected chi connectivity index (χ1v) is 14.0. The van der Waals surface area contributed by atoms with Crippen LogP contribution in [0.25, 0.3) is 0 Å². The Kier molecular flexibility index (Phi) is 6.26. The molecule has 9 atom stereocenters. The van der Waals surface area contributed by atoms with Crippen molar-refractivity contribution < 1.29 is 9.90 Å². The van der Waals surface area contributed by atoms with E-state index in [1.165, 1.54) is 45.1 Å². The van der Waals surface area contributed by atoms with Crippen LogP contribution >= 0.6 is 0 Å². The lowest BCUT2D eigenvalue weighted by Gasteiger charge is -2.58. The zero-order valence-electron chi connectivity index (χ0n) is 21.9. The normalized spacial score (nSPS) is 45.5. The molecule has 186 valence electrons. The van der Waals surface area contributed by atoms with E-state index in [1.54, 1.807) is 5.57 Å². The molecule has 1 heterocycles. The number of hydrogen-bond donors (Lipinski definition) is 1. The Morgan fingerprint density at radius 1 is 1.21 bits per heavy atom. The van der Waals surface area contributed by atoms with Crippen LogP contribution in [0.15, 0.2) is 11.6 Å². The SMILES string of the molecule is CCCC(CO)C(=O)N(C)C1CCC2(C)C(=CCC3C2CCC24CN(C)C(C)C2CCC34)C1. The second-order valence-corrected chi connectivity index (χ2v) is 12.9. The number of hydrogen-bond acceptors (Lipinski definition) is 3. The van der Waals surface area contributed by atoms with Gasteiger partial charge < -0.3 is 14.9 Å². The molecule has 0 aromatic heterocycles. The lowest BCUT2D eigenvalue weighted by atomic mass is 9.47. The van der Waals surface area contributed by atoms with Crippen LogP contribution in [0, 0.1) is 40.4 Å². The highest BCUT2D eigenvalue weighted by molar-refractivity contribution is 5.79. The van der Waals surface area contributed by atoms with E-state index in [1.807, 2.05) is 11.9 Å². The van der Waals surface area contributed by atoms with Gasteiger partial charge in [-0.1, -0.05) is 31.9 Å². The maximum Gasteiger partial charge on any atom is 0.227 e. The van der Waals surface area contributed by atoms with Crippen LogP contribution in [0.2, 0.25) is 0 Å². The number of carbonyl (C=O) groups is 1. The van der Waals surface area contributed by atoms with Gasteiger partial charge in [0.15, 0.2) is 0 Å². The molecule has 5 aliphatic rings. The second kappa shape index (κ2) is 8.66. The quantitative estimate of drug-likeness (QED) is 0.584. The van der Waals surface area contributed by atoms with E-state index in [0.29, 0.717) is 16.9 Å². The van der Waals surface area contributed by atoms with Gasteiger partial charge in [0.2, 0.25) is 5.91 Å². The lowest BCUT2D eigenvalue weighted by molar-refractivity contribution is -0.139. The van der Waals surface area contributed by atoms with Gasteiger partial charge >= 0.3 is 0 Å². The summed E-state index contributed by atoms with van der Waals surface area (Å²) in [6, 6.07) is 1.06.